The molecule has 0 aliphatic heterocycles. The number of fused-ring (bicyclic) bond motifs is 3. The predicted molar refractivity (Wildman–Crippen MR) is 298 cm³/mol. The second kappa shape index (κ2) is 17.9. The van der Waals surface area contributed by atoms with E-state index in [2.05, 4.69) is 249 Å². The van der Waals surface area contributed by atoms with Gasteiger partial charge in [-0.15, -0.1) is 0 Å². The first kappa shape index (κ1) is 41.8. The molecule has 0 aliphatic rings. The van der Waals surface area contributed by atoms with E-state index in [1.165, 1.54) is 66.1 Å². The van der Waals surface area contributed by atoms with Crippen molar-refractivity contribution < 1.29 is 4.42 Å². The standard InChI is InChI=1S/C69H45NO/c1-6-24-46(25-7-1)63-64(47-26-8-2-9-27-47)66(49-30-12-4-13-31-49)68(67(50-32-14-5-15-33-50)65(63)48-28-10-3-11-29-48)53-36-22-34-51(44-53)61-55-38-16-18-40-57(55)62(58-41-19-17-39-56(58)61)52-35-23-37-54(45-52)69-70-59-42-20-21-43-60(59)71-69/h1-45H. The van der Waals surface area contributed by atoms with Crippen LogP contribution in [0.25, 0.3) is 133 Å². The molecule has 0 atom stereocenters. The van der Waals surface area contributed by atoms with Gasteiger partial charge in [-0.3, -0.25) is 0 Å². The van der Waals surface area contributed by atoms with Crippen LogP contribution in [0, 0.1) is 0 Å². The van der Waals surface area contributed by atoms with Crippen LogP contribution >= 0.6 is 0 Å². The summed E-state index contributed by atoms with van der Waals surface area (Å²) in [5, 5.41) is 4.74. The van der Waals surface area contributed by atoms with Crippen LogP contribution in [0.4, 0.5) is 0 Å². The Kier molecular flexibility index (Phi) is 10.6. The SMILES string of the molecule is c1ccc(-c2c(-c3ccccc3)c(-c3ccccc3)c(-c3cccc(-c4c5ccccc5c(-c5cccc(-c6nc7ccccc7o6)c5)c5ccccc45)c3)c(-c3ccccc3)c2-c2ccccc2)cc1. The molecule has 0 radical (unpaired) electrons. The van der Waals surface area contributed by atoms with E-state index >= 15 is 0 Å². The molecule has 1 heterocycles. The molecule has 12 aromatic carbocycles. The molecule has 0 saturated heterocycles. The maximum Gasteiger partial charge on any atom is 0.227 e. The van der Waals surface area contributed by atoms with Crippen molar-refractivity contribution in [2.45, 2.75) is 0 Å². The Hall–Kier alpha value is -9.37. The van der Waals surface area contributed by atoms with Crippen LogP contribution in [0.15, 0.2) is 277 Å². The molecule has 2 nitrogen and oxygen atoms in total. The Balaban J connectivity index is 1.13. The van der Waals surface area contributed by atoms with Crippen LogP contribution in [-0.2, 0) is 0 Å². The molecule has 13 aromatic rings. The highest BCUT2D eigenvalue weighted by Crippen LogP contribution is 2.56. The van der Waals surface area contributed by atoms with E-state index in [4.69, 9.17) is 9.40 Å². The number of hydrogen-bond donors (Lipinski definition) is 0. The van der Waals surface area contributed by atoms with Gasteiger partial charge in [0.05, 0.1) is 0 Å². The van der Waals surface area contributed by atoms with Crippen molar-refractivity contribution in [2.24, 2.45) is 0 Å². The molecule has 0 aliphatic carbocycles. The van der Waals surface area contributed by atoms with Gasteiger partial charge in [0.2, 0.25) is 5.89 Å². The average molecular weight is 904 g/mol. The lowest BCUT2D eigenvalue weighted by Crippen LogP contribution is -2.02. The second-order valence-electron chi connectivity index (χ2n) is 18.1. The van der Waals surface area contributed by atoms with Crippen LogP contribution < -0.4 is 0 Å². The molecule has 0 unspecified atom stereocenters. The van der Waals surface area contributed by atoms with Gasteiger partial charge in [0.1, 0.15) is 5.52 Å². The first-order valence-corrected chi connectivity index (χ1v) is 24.3. The van der Waals surface area contributed by atoms with Gasteiger partial charge in [-0.1, -0.05) is 243 Å². The van der Waals surface area contributed by atoms with E-state index < -0.39 is 0 Å². The molecule has 1 aromatic heterocycles. The third kappa shape index (κ3) is 7.42. The van der Waals surface area contributed by atoms with Gasteiger partial charge in [0, 0.05) is 5.56 Å². The maximum absolute atomic E-state index is 6.30. The lowest BCUT2D eigenvalue weighted by Gasteiger charge is -2.29. The number of para-hydroxylation sites is 2. The number of nitrogens with zero attached hydrogens (tertiary/aromatic N) is 1. The summed E-state index contributed by atoms with van der Waals surface area (Å²) in [7, 11) is 0. The molecule has 0 bridgehead atoms. The molecular formula is C69H45NO. The summed E-state index contributed by atoms with van der Waals surface area (Å²) in [4.78, 5) is 4.88. The molecule has 0 spiro atoms. The second-order valence-corrected chi connectivity index (χ2v) is 18.1. The van der Waals surface area contributed by atoms with E-state index in [-0.39, 0.29) is 0 Å². The Morgan fingerprint density at radius 3 is 0.845 bits per heavy atom. The van der Waals surface area contributed by atoms with Gasteiger partial charge < -0.3 is 4.42 Å². The summed E-state index contributed by atoms with van der Waals surface area (Å²) < 4.78 is 6.30. The van der Waals surface area contributed by atoms with Gasteiger partial charge in [0.15, 0.2) is 5.58 Å². The van der Waals surface area contributed by atoms with Gasteiger partial charge in [-0.25, -0.2) is 4.98 Å². The van der Waals surface area contributed by atoms with E-state index in [1.807, 2.05) is 24.3 Å². The van der Waals surface area contributed by atoms with Crippen LogP contribution in [0.2, 0.25) is 0 Å². The first-order chi connectivity index (χ1) is 35.3. The van der Waals surface area contributed by atoms with Crippen molar-refractivity contribution in [2.75, 3.05) is 0 Å². The summed E-state index contributed by atoms with van der Waals surface area (Å²) in [5.41, 5.74) is 21.3. The fraction of sp³-hybridized carbons (Fsp3) is 0. The third-order valence-electron chi connectivity index (χ3n) is 13.9. The number of hydrogen-bond acceptors (Lipinski definition) is 2. The number of oxazole rings is 1. The zero-order valence-corrected chi connectivity index (χ0v) is 38.8. The molecular weight excluding hydrogens is 859 g/mol. The zero-order chi connectivity index (χ0) is 47.1. The summed E-state index contributed by atoms with van der Waals surface area (Å²) in [6.07, 6.45) is 0. The van der Waals surface area contributed by atoms with E-state index in [9.17, 15) is 0 Å². The number of rotatable bonds is 9. The number of benzene rings is 12. The van der Waals surface area contributed by atoms with Gasteiger partial charge >= 0.3 is 0 Å². The Morgan fingerprint density at radius 1 is 0.211 bits per heavy atom. The van der Waals surface area contributed by atoms with Gasteiger partial charge in [-0.05, 0) is 141 Å². The zero-order valence-electron chi connectivity index (χ0n) is 38.8. The monoisotopic (exact) mass is 903 g/mol. The highest BCUT2D eigenvalue weighted by atomic mass is 16.3. The topological polar surface area (TPSA) is 26.0 Å². The minimum absolute atomic E-state index is 0.613. The average Bonchev–Trinajstić information content (AvgIpc) is 3.90. The highest BCUT2D eigenvalue weighted by Gasteiger charge is 2.29. The predicted octanol–water partition coefficient (Wildman–Crippen LogP) is 19.1. The van der Waals surface area contributed by atoms with E-state index in [0.29, 0.717) is 5.89 Å². The quantitative estimate of drug-likeness (QED) is 0.135. The van der Waals surface area contributed by atoms with Gasteiger partial charge in [0.25, 0.3) is 0 Å². The van der Waals surface area contributed by atoms with Crippen LogP contribution in [0.3, 0.4) is 0 Å². The summed E-state index contributed by atoms with van der Waals surface area (Å²) in [6.45, 7) is 0. The molecule has 332 valence electrons. The molecule has 13 rings (SSSR count). The summed E-state index contributed by atoms with van der Waals surface area (Å²) in [6, 6.07) is 98.7. The van der Waals surface area contributed by atoms with Crippen molar-refractivity contribution in [3.63, 3.8) is 0 Å². The molecule has 0 saturated carbocycles. The molecule has 2 heteroatoms. The van der Waals surface area contributed by atoms with Crippen LogP contribution in [-0.4, -0.2) is 4.98 Å². The first-order valence-electron chi connectivity index (χ1n) is 24.3. The largest absolute Gasteiger partial charge is 0.436 e. The highest BCUT2D eigenvalue weighted by molar-refractivity contribution is 6.22. The normalized spacial score (nSPS) is 11.4. The molecule has 0 N–H and O–H groups in total. The minimum atomic E-state index is 0.613. The van der Waals surface area contributed by atoms with Crippen LogP contribution in [0.5, 0.6) is 0 Å². The Labute approximate surface area is 413 Å². The third-order valence-corrected chi connectivity index (χ3v) is 13.9. The van der Waals surface area contributed by atoms with Crippen molar-refractivity contribution in [3.05, 3.63) is 273 Å². The Morgan fingerprint density at radius 2 is 0.479 bits per heavy atom. The molecule has 0 amide bonds. The van der Waals surface area contributed by atoms with Crippen LogP contribution in [0.1, 0.15) is 0 Å². The molecule has 0 fully saturated rings. The van der Waals surface area contributed by atoms with Crippen molar-refractivity contribution in [1.82, 2.24) is 4.98 Å². The van der Waals surface area contributed by atoms with Gasteiger partial charge in [-0.2, -0.15) is 0 Å². The lowest BCUT2D eigenvalue weighted by molar-refractivity contribution is 0.620. The van der Waals surface area contributed by atoms with E-state index in [1.54, 1.807) is 0 Å². The fourth-order valence-corrected chi connectivity index (χ4v) is 10.9. The summed E-state index contributed by atoms with van der Waals surface area (Å²) >= 11 is 0. The van der Waals surface area contributed by atoms with E-state index in [0.717, 1.165) is 61.2 Å². The maximum atomic E-state index is 6.30. The van der Waals surface area contributed by atoms with Crippen molar-refractivity contribution in [3.8, 4) is 100 Å². The minimum Gasteiger partial charge on any atom is -0.436 e. The van der Waals surface area contributed by atoms with Crippen molar-refractivity contribution >= 4 is 32.6 Å². The fourth-order valence-electron chi connectivity index (χ4n) is 10.9. The Bertz CT molecular complexity index is 3870. The summed E-state index contributed by atoms with van der Waals surface area (Å²) in [5.74, 6) is 0.613. The smallest absolute Gasteiger partial charge is 0.227 e. The molecule has 71 heavy (non-hydrogen) atoms. The number of aromatic nitrogens is 1. The van der Waals surface area contributed by atoms with Crippen molar-refractivity contribution in [1.29, 1.82) is 0 Å². The lowest BCUT2D eigenvalue weighted by atomic mass is 9.74.